The van der Waals surface area contributed by atoms with Crippen molar-refractivity contribution in [2.75, 3.05) is 4.90 Å². The van der Waals surface area contributed by atoms with Crippen LogP contribution in [0.5, 0.6) is 5.75 Å². The number of nitrogens with zero attached hydrogens (tertiary/aromatic N) is 2. The summed E-state index contributed by atoms with van der Waals surface area (Å²) in [5.74, 6) is -2.03. The maximum Gasteiger partial charge on any atom is 0.573 e. The molecule has 0 aromatic heterocycles. The summed E-state index contributed by atoms with van der Waals surface area (Å²) in [4.78, 5) is 55.1. The lowest BCUT2D eigenvalue weighted by molar-refractivity contribution is -0.274. The number of hydrogen-bond donors (Lipinski definition) is 2. The number of carbonyl (C=O) groups is 4. The minimum atomic E-state index is -4.85. The van der Waals surface area contributed by atoms with Crippen molar-refractivity contribution in [3.05, 3.63) is 59.7 Å². The van der Waals surface area contributed by atoms with Gasteiger partial charge >= 0.3 is 12.5 Å². The molecule has 1 fully saturated rings. The molecule has 0 bridgehead atoms. The second-order valence-electron chi connectivity index (χ2n) is 9.94. The molecule has 1 aliphatic heterocycles. The van der Waals surface area contributed by atoms with Crippen LogP contribution in [0.4, 0.5) is 23.7 Å². The Bertz CT molecular complexity index is 1290. The lowest BCUT2D eigenvalue weighted by Gasteiger charge is -2.35. The van der Waals surface area contributed by atoms with Gasteiger partial charge < -0.3 is 20.1 Å². The van der Waals surface area contributed by atoms with Gasteiger partial charge in [0.15, 0.2) is 5.78 Å². The lowest BCUT2D eigenvalue weighted by atomic mass is 10.0. The molecule has 12 heteroatoms. The number of alkyl halides is 3. The van der Waals surface area contributed by atoms with Crippen LogP contribution < -0.4 is 15.0 Å². The Kier molecular flexibility index (Phi) is 8.08. The number of benzene rings is 2. The van der Waals surface area contributed by atoms with Crippen molar-refractivity contribution in [2.45, 2.75) is 76.5 Å². The van der Waals surface area contributed by atoms with Gasteiger partial charge in [-0.1, -0.05) is 38.1 Å². The molecule has 40 heavy (non-hydrogen) atoms. The van der Waals surface area contributed by atoms with E-state index < -0.39 is 41.6 Å². The molecule has 2 N–H and O–H groups in total. The van der Waals surface area contributed by atoms with Gasteiger partial charge in [-0.15, -0.1) is 13.2 Å². The molecule has 1 atom stereocenters. The minimum Gasteiger partial charge on any atom is -0.465 e. The van der Waals surface area contributed by atoms with Gasteiger partial charge in [-0.25, -0.2) is 4.79 Å². The van der Waals surface area contributed by atoms with Crippen molar-refractivity contribution in [2.24, 2.45) is 0 Å². The first-order valence-corrected chi connectivity index (χ1v) is 13.0. The van der Waals surface area contributed by atoms with Crippen LogP contribution >= 0.6 is 0 Å². The predicted molar refractivity (Wildman–Crippen MR) is 138 cm³/mol. The zero-order valence-corrected chi connectivity index (χ0v) is 22.0. The number of fused-ring (bicyclic) bond motifs is 1. The number of anilines is 1. The standard InChI is InChI=1S/C28H30F3N3O6/c1-3-18(4-2)34(26(38)39)27(13-14-27)25(37)32-21-15-23(35)20-7-5-6-8-22(20)33(24(21)36)16-17-9-11-19(12-10-17)40-28(29,30)31/h5-12,18,21H,3-4,13-16H2,1-2H3,(H,32,37)(H,38,39)/t21-/m1/s1. The van der Waals surface area contributed by atoms with E-state index in [1.807, 2.05) is 13.8 Å². The van der Waals surface area contributed by atoms with Crippen molar-refractivity contribution in [1.82, 2.24) is 10.2 Å². The molecule has 1 saturated carbocycles. The number of para-hydroxylation sites is 1. The number of amides is 3. The van der Waals surface area contributed by atoms with Gasteiger partial charge in [-0.3, -0.25) is 19.3 Å². The Morgan fingerprint density at radius 3 is 2.27 bits per heavy atom. The number of hydrogen-bond acceptors (Lipinski definition) is 5. The number of carboxylic acid groups (broad SMARTS) is 1. The Morgan fingerprint density at radius 2 is 1.73 bits per heavy atom. The van der Waals surface area contributed by atoms with Gasteiger partial charge in [-0.05, 0) is 55.5 Å². The minimum absolute atomic E-state index is 0.0953. The van der Waals surface area contributed by atoms with E-state index in [4.69, 9.17) is 0 Å². The Balaban J connectivity index is 1.61. The maximum absolute atomic E-state index is 13.8. The molecule has 0 radical (unpaired) electrons. The normalized spacial score (nSPS) is 18.1. The monoisotopic (exact) mass is 561 g/mol. The molecular weight excluding hydrogens is 531 g/mol. The molecule has 2 aromatic rings. The quantitative estimate of drug-likeness (QED) is 0.450. The van der Waals surface area contributed by atoms with E-state index >= 15 is 0 Å². The summed E-state index contributed by atoms with van der Waals surface area (Å²) in [5.41, 5.74) is -0.295. The molecule has 9 nitrogen and oxygen atoms in total. The van der Waals surface area contributed by atoms with Crippen LogP contribution in [-0.2, 0) is 16.1 Å². The second-order valence-corrected chi connectivity index (χ2v) is 9.94. The highest BCUT2D eigenvalue weighted by Gasteiger charge is 2.59. The van der Waals surface area contributed by atoms with Gasteiger partial charge in [0.05, 0.1) is 12.2 Å². The summed E-state index contributed by atoms with van der Waals surface area (Å²) in [6.07, 6.45) is -4.79. The molecule has 214 valence electrons. The lowest BCUT2D eigenvalue weighted by Crippen LogP contribution is -2.59. The van der Waals surface area contributed by atoms with E-state index in [2.05, 4.69) is 10.1 Å². The molecule has 3 amide bonds. The van der Waals surface area contributed by atoms with Gasteiger partial charge in [0.1, 0.15) is 17.3 Å². The third-order valence-electron chi connectivity index (χ3n) is 7.37. The van der Waals surface area contributed by atoms with Crippen LogP contribution in [0, 0.1) is 0 Å². The number of ketones is 1. The highest BCUT2D eigenvalue weighted by atomic mass is 19.4. The van der Waals surface area contributed by atoms with Crippen LogP contribution in [0.1, 0.15) is 61.9 Å². The number of nitrogens with one attached hydrogen (secondary N) is 1. The SMILES string of the molecule is CCC(CC)N(C(=O)O)C1(C(=O)N[C@@H]2CC(=O)c3ccccc3N(Cc3ccc(OC(F)(F)F)cc3)C2=O)CC1. The fourth-order valence-corrected chi connectivity index (χ4v) is 5.22. The van der Waals surface area contributed by atoms with E-state index in [0.29, 0.717) is 36.9 Å². The smallest absolute Gasteiger partial charge is 0.465 e. The third-order valence-corrected chi connectivity index (χ3v) is 7.37. The molecule has 2 aromatic carbocycles. The fourth-order valence-electron chi connectivity index (χ4n) is 5.22. The summed E-state index contributed by atoms with van der Waals surface area (Å²) in [6, 6.07) is 9.76. The van der Waals surface area contributed by atoms with E-state index in [1.165, 1.54) is 21.9 Å². The largest absolute Gasteiger partial charge is 0.573 e. The first kappa shape index (κ1) is 28.9. The van der Waals surface area contributed by atoms with Crippen molar-refractivity contribution >= 4 is 29.4 Å². The van der Waals surface area contributed by atoms with Crippen LogP contribution in [-0.4, -0.2) is 57.7 Å². The number of halogens is 3. The van der Waals surface area contributed by atoms with E-state index in [1.54, 1.807) is 24.3 Å². The zero-order valence-electron chi connectivity index (χ0n) is 22.0. The molecule has 0 saturated heterocycles. The highest BCUT2D eigenvalue weighted by molar-refractivity contribution is 6.13. The number of carbonyl (C=O) groups excluding carboxylic acids is 3. The van der Waals surface area contributed by atoms with Crippen molar-refractivity contribution in [1.29, 1.82) is 0 Å². The van der Waals surface area contributed by atoms with Gasteiger partial charge in [0, 0.05) is 18.0 Å². The summed E-state index contributed by atoms with van der Waals surface area (Å²) in [7, 11) is 0. The zero-order chi connectivity index (χ0) is 29.2. The van der Waals surface area contributed by atoms with Crippen LogP contribution in [0.3, 0.4) is 0 Å². The second kappa shape index (κ2) is 11.2. The van der Waals surface area contributed by atoms with Gasteiger partial charge in [0.25, 0.3) is 0 Å². The molecule has 0 spiro atoms. The van der Waals surface area contributed by atoms with E-state index in [9.17, 15) is 37.5 Å². The molecule has 1 heterocycles. The van der Waals surface area contributed by atoms with Crippen molar-refractivity contribution in [3.63, 3.8) is 0 Å². The first-order chi connectivity index (χ1) is 18.9. The maximum atomic E-state index is 13.8. The van der Waals surface area contributed by atoms with E-state index in [-0.39, 0.29) is 30.4 Å². The topological polar surface area (TPSA) is 116 Å². The number of ether oxygens (including phenoxy) is 1. The van der Waals surface area contributed by atoms with Gasteiger partial charge in [0.2, 0.25) is 11.8 Å². The summed E-state index contributed by atoms with van der Waals surface area (Å²) >= 11 is 0. The van der Waals surface area contributed by atoms with Crippen molar-refractivity contribution < 1.29 is 42.2 Å². The van der Waals surface area contributed by atoms with Gasteiger partial charge in [-0.2, -0.15) is 0 Å². The molecule has 1 aliphatic carbocycles. The van der Waals surface area contributed by atoms with Crippen LogP contribution in [0.2, 0.25) is 0 Å². The Hall–Kier alpha value is -4.09. The summed E-state index contributed by atoms with van der Waals surface area (Å²) < 4.78 is 41.6. The molecule has 4 rings (SSSR count). The summed E-state index contributed by atoms with van der Waals surface area (Å²) in [5, 5.41) is 12.6. The first-order valence-electron chi connectivity index (χ1n) is 13.0. The highest BCUT2D eigenvalue weighted by Crippen LogP contribution is 2.44. The van der Waals surface area contributed by atoms with E-state index in [0.717, 1.165) is 12.1 Å². The molecule has 0 unspecified atom stereocenters. The molecular formula is C28H30F3N3O6. The number of Topliss-reactive ketones (excluding diaryl/α,β-unsaturated/α-hetero) is 1. The summed E-state index contributed by atoms with van der Waals surface area (Å²) in [6.45, 7) is 3.58. The third kappa shape index (κ3) is 5.90. The predicted octanol–water partition coefficient (Wildman–Crippen LogP) is 4.89. The molecule has 2 aliphatic rings. The average molecular weight is 562 g/mol. The average Bonchev–Trinajstić information content (AvgIpc) is 3.71. The fraction of sp³-hybridized carbons (Fsp3) is 0.429. The number of rotatable bonds is 9. The Labute approximate surface area is 228 Å². The van der Waals surface area contributed by atoms with Crippen LogP contribution in [0.15, 0.2) is 48.5 Å². The van der Waals surface area contributed by atoms with Crippen molar-refractivity contribution in [3.8, 4) is 5.75 Å². The Morgan fingerprint density at radius 1 is 1.10 bits per heavy atom. The van der Waals surface area contributed by atoms with Crippen LogP contribution in [0.25, 0.3) is 0 Å².